The van der Waals surface area contributed by atoms with Crippen LogP contribution in [0.25, 0.3) is 22.2 Å². The van der Waals surface area contributed by atoms with E-state index >= 15 is 0 Å². The molecule has 3 rings (SSSR count). The SMILES string of the molecule is COCOc1c(OC)ccc2c1c(C)c(-c1ccccc1C)n2C. The van der Waals surface area contributed by atoms with E-state index in [1.54, 1.807) is 14.2 Å². The molecule has 0 aliphatic heterocycles. The number of fused-ring (bicyclic) bond motifs is 1. The summed E-state index contributed by atoms with van der Waals surface area (Å²) in [5.74, 6) is 1.44. The Kier molecular flexibility index (Phi) is 4.49. The van der Waals surface area contributed by atoms with Crippen LogP contribution >= 0.6 is 0 Å². The van der Waals surface area contributed by atoms with Gasteiger partial charge in [-0.05, 0) is 37.1 Å². The van der Waals surface area contributed by atoms with Gasteiger partial charge in [0.15, 0.2) is 18.3 Å². The molecule has 0 radical (unpaired) electrons. The van der Waals surface area contributed by atoms with Crippen molar-refractivity contribution in [1.82, 2.24) is 4.57 Å². The first-order chi connectivity index (χ1) is 11.6. The van der Waals surface area contributed by atoms with Gasteiger partial charge in [-0.25, -0.2) is 0 Å². The van der Waals surface area contributed by atoms with Gasteiger partial charge >= 0.3 is 0 Å². The van der Waals surface area contributed by atoms with Gasteiger partial charge in [0.05, 0.1) is 18.3 Å². The highest BCUT2D eigenvalue weighted by molar-refractivity contribution is 5.98. The average molecular weight is 325 g/mol. The molecule has 1 heterocycles. The molecule has 0 spiro atoms. The molecule has 0 aliphatic carbocycles. The number of aromatic nitrogens is 1. The highest BCUT2D eigenvalue weighted by atomic mass is 16.7. The monoisotopic (exact) mass is 325 g/mol. The molecule has 0 fully saturated rings. The Balaban J connectivity index is 2.33. The molecule has 2 aromatic carbocycles. The number of rotatable bonds is 5. The zero-order valence-electron chi connectivity index (χ0n) is 14.8. The minimum Gasteiger partial charge on any atom is -0.493 e. The zero-order valence-corrected chi connectivity index (χ0v) is 14.8. The Hall–Kier alpha value is -2.46. The van der Waals surface area contributed by atoms with Gasteiger partial charge < -0.3 is 18.8 Å². The van der Waals surface area contributed by atoms with Crippen molar-refractivity contribution < 1.29 is 14.2 Å². The smallest absolute Gasteiger partial charge is 0.188 e. The van der Waals surface area contributed by atoms with E-state index in [4.69, 9.17) is 14.2 Å². The lowest BCUT2D eigenvalue weighted by Crippen LogP contribution is -2.01. The van der Waals surface area contributed by atoms with Crippen LogP contribution < -0.4 is 9.47 Å². The summed E-state index contributed by atoms with van der Waals surface area (Å²) in [5.41, 5.74) is 5.95. The molecule has 24 heavy (non-hydrogen) atoms. The summed E-state index contributed by atoms with van der Waals surface area (Å²) in [6, 6.07) is 12.4. The Morgan fingerprint density at radius 3 is 2.42 bits per heavy atom. The van der Waals surface area contributed by atoms with Crippen molar-refractivity contribution in [3.8, 4) is 22.8 Å². The summed E-state index contributed by atoms with van der Waals surface area (Å²) in [4.78, 5) is 0. The second-order valence-corrected chi connectivity index (χ2v) is 5.89. The highest BCUT2D eigenvalue weighted by Crippen LogP contribution is 2.43. The van der Waals surface area contributed by atoms with E-state index in [1.165, 1.54) is 22.4 Å². The molecule has 3 aromatic rings. The van der Waals surface area contributed by atoms with Crippen molar-refractivity contribution >= 4 is 10.9 Å². The lowest BCUT2D eigenvalue weighted by Gasteiger charge is -2.12. The Bertz CT molecular complexity index is 880. The van der Waals surface area contributed by atoms with Gasteiger partial charge in [0.2, 0.25) is 0 Å². The number of benzene rings is 2. The van der Waals surface area contributed by atoms with E-state index < -0.39 is 0 Å². The van der Waals surface area contributed by atoms with Crippen LogP contribution in [0.1, 0.15) is 11.1 Å². The van der Waals surface area contributed by atoms with E-state index in [9.17, 15) is 0 Å². The number of methoxy groups -OCH3 is 2. The third-order valence-electron chi connectivity index (χ3n) is 4.47. The molecule has 0 N–H and O–H groups in total. The van der Waals surface area contributed by atoms with E-state index in [-0.39, 0.29) is 6.79 Å². The number of aryl methyl sites for hydroxylation is 3. The van der Waals surface area contributed by atoms with E-state index in [2.05, 4.69) is 55.8 Å². The largest absolute Gasteiger partial charge is 0.493 e. The predicted octanol–water partition coefficient (Wildman–Crippen LogP) is 4.45. The molecule has 4 nitrogen and oxygen atoms in total. The van der Waals surface area contributed by atoms with Gasteiger partial charge in [-0.3, -0.25) is 0 Å². The van der Waals surface area contributed by atoms with E-state index in [0.29, 0.717) is 5.75 Å². The number of nitrogens with zero attached hydrogens (tertiary/aromatic N) is 1. The van der Waals surface area contributed by atoms with Gasteiger partial charge in [0.1, 0.15) is 0 Å². The predicted molar refractivity (Wildman–Crippen MR) is 96.9 cm³/mol. The zero-order chi connectivity index (χ0) is 17.3. The normalized spacial score (nSPS) is 11.0. The fraction of sp³-hybridized carbons (Fsp3) is 0.300. The number of hydrogen-bond acceptors (Lipinski definition) is 3. The van der Waals surface area contributed by atoms with Crippen molar-refractivity contribution in [1.29, 1.82) is 0 Å². The molecule has 0 aliphatic rings. The molecule has 0 amide bonds. The van der Waals surface area contributed by atoms with Crippen molar-refractivity contribution in [2.24, 2.45) is 7.05 Å². The minimum atomic E-state index is 0.184. The molecule has 126 valence electrons. The molecular weight excluding hydrogens is 302 g/mol. The topological polar surface area (TPSA) is 32.6 Å². The van der Waals surface area contributed by atoms with Crippen molar-refractivity contribution in [3.63, 3.8) is 0 Å². The van der Waals surface area contributed by atoms with Gasteiger partial charge in [-0.1, -0.05) is 24.3 Å². The molecular formula is C20H23NO3. The third kappa shape index (κ3) is 2.53. The summed E-state index contributed by atoms with van der Waals surface area (Å²) >= 11 is 0. The fourth-order valence-corrected chi connectivity index (χ4v) is 3.33. The van der Waals surface area contributed by atoms with E-state index in [1.807, 2.05) is 6.07 Å². The summed E-state index contributed by atoms with van der Waals surface area (Å²) in [5, 5.41) is 1.06. The highest BCUT2D eigenvalue weighted by Gasteiger charge is 2.20. The van der Waals surface area contributed by atoms with Crippen LogP contribution in [0.4, 0.5) is 0 Å². The third-order valence-corrected chi connectivity index (χ3v) is 4.47. The van der Waals surface area contributed by atoms with Crippen LogP contribution in [0.5, 0.6) is 11.5 Å². The minimum absolute atomic E-state index is 0.184. The van der Waals surface area contributed by atoms with E-state index in [0.717, 1.165) is 16.7 Å². The molecule has 0 bridgehead atoms. The fourth-order valence-electron chi connectivity index (χ4n) is 3.33. The van der Waals surface area contributed by atoms with Crippen molar-refractivity contribution in [3.05, 3.63) is 47.5 Å². The number of hydrogen-bond donors (Lipinski definition) is 0. The first-order valence-electron chi connectivity index (χ1n) is 7.93. The standard InChI is InChI=1S/C20H23NO3/c1-13-8-6-7-9-15(13)19-14(2)18-16(21(19)3)10-11-17(23-5)20(18)24-12-22-4/h6-11H,12H2,1-5H3. The number of ether oxygens (including phenoxy) is 3. The quantitative estimate of drug-likeness (QED) is 0.650. The van der Waals surface area contributed by atoms with Crippen LogP contribution in [-0.2, 0) is 11.8 Å². The maximum absolute atomic E-state index is 5.85. The van der Waals surface area contributed by atoms with Crippen LogP contribution in [0, 0.1) is 13.8 Å². The maximum Gasteiger partial charge on any atom is 0.188 e. The second-order valence-electron chi connectivity index (χ2n) is 5.89. The van der Waals surface area contributed by atoms with Crippen LogP contribution in [0.3, 0.4) is 0 Å². The average Bonchev–Trinajstić information content (AvgIpc) is 2.84. The maximum atomic E-state index is 5.85. The van der Waals surface area contributed by atoms with Gasteiger partial charge in [0.25, 0.3) is 0 Å². The Labute approximate surface area is 142 Å². The first-order valence-corrected chi connectivity index (χ1v) is 7.93. The summed E-state index contributed by atoms with van der Waals surface area (Å²) in [6.07, 6.45) is 0. The van der Waals surface area contributed by atoms with Gasteiger partial charge in [-0.15, -0.1) is 0 Å². The molecule has 1 aromatic heterocycles. The van der Waals surface area contributed by atoms with Gasteiger partial charge in [0, 0.05) is 25.1 Å². The van der Waals surface area contributed by atoms with Crippen molar-refractivity contribution in [2.45, 2.75) is 13.8 Å². The molecule has 0 saturated heterocycles. The molecule has 0 atom stereocenters. The van der Waals surface area contributed by atoms with Crippen molar-refractivity contribution in [2.75, 3.05) is 21.0 Å². The van der Waals surface area contributed by atoms with Crippen LogP contribution in [-0.4, -0.2) is 25.6 Å². The first kappa shape index (κ1) is 16.4. The van der Waals surface area contributed by atoms with Crippen LogP contribution in [0.2, 0.25) is 0 Å². The summed E-state index contributed by atoms with van der Waals surface area (Å²) < 4.78 is 18.6. The second kappa shape index (κ2) is 6.57. The summed E-state index contributed by atoms with van der Waals surface area (Å²) in [6.45, 7) is 4.45. The van der Waals surface area contributed by atoms with Crippen LogP contribution in [0.15, 0.2) is 36.4 Å². The lowest BCUT2D eigenvalue weighted by atomic mass is 10.0. The summed E-state index contributed by atoms with van der Waals surface area (Å²) in [7, 11) is 5.36. The molecule has 0 unspecified atom stereocenters. The molecule has 4 heteroatoms. The Morgan fingerprint density at radius 2 is 1.75 bits per heavy atom. The Morgan fingerprint density at radius 1 is 1.00 bits per heavy atom. The molecule has 0 saturated carbocycles. The van der Waals surface area contributed by atoms with Gasteiger partial charge in [-0.2, -0.15) is 0 Å². The lowest BCUT2D eigenvalue weighted by molar-refractivity contribution is 0.0503.